The monoisotopic (exact) mass is 484 g/mol. The highest BCUT2D eigenvalue weighted by Gasteiger charge is 2.48. The van der Waals surface area contributed by atoms with Crippen LogP contribution in [0, 0.1) is 25.7 Å². The standard InChI is InChI=1S/C26H24N6O4/c1-15-21(16(2)31(3)30-15)22-17(6-5-11-27-22)9-10-26(24(34)28-25(35)29-26)14-32-13-18-7-8-19(36-4)12-20(18)23(32)33/h5-8,11-12H,13-14H2,1-4H3,(H2,28,29,34,35)/t26-/m1/s1. The number of hydrogen-bond acceptors (Lipinski definition) is 6. The van der Waals surface area contributed by atoms with Gasteiger partial charge in [-0.15, -0.1) is 0 Å². The molecule has 36 heavy (non-hydrogen) atoms. The van der Waals surface area contributed by atoms with E-state index in [-0.39, 0.29) is 19.0 Å². The van der Waals surface area contributed by atoms with Crippen LogP contribution in [0.3, 0.4) is 0 Å². The largest absolute Gasteiger partial charge is 0.497 e. The van der Waals surface area contributed by atoms with Crippen molar-refractivity contribution < 1.29 is 19.1 Å². The lowest BCUT2D eigenvalue weighted by Gasteiger charge is -2.26. The van der Waals surface area contributed by atoms with Gasteiger partial charge in [-0.3, -0.25) is 24.6 Å². The first-order valence-corrected chi connectivity index (χ1v) is 11.3. The lowest BCUT2D eigenvalue weighted by molar-refractivity contribution is -0.122. The fourth-order valence-corrected chi connectivity index (χ4v) is 4.61. The first-order chi connectivity index (χ1) is 17.2. The summed E-state index contributed by atoms with van der Waals surface area (Å²) in [6.45, 7) is 4.01. The highest BCUT2D eigenvalue weighted by Crippen LogP contribution is 2.30. The number of urea groups is 1. The minimum Gasteiger partial charge on any atom is -0.497 e. The zero-order chi connectivity index (χ0) is 25.6. The number of benzene rings is 1. The van der Waals surface area contributed by atoms with Crippen molar-refractivity contribution in [3.05, 3.63) is 64.6 Å². The van der Waals surface area contributed by atoms with Gasteiger partial charge in [0.1, 0.15) is 5.75 Å². The summed E-state index contributed by atoms with van der Waals surface area (Å²) in [6, 6.07) is 8.16. The Kier molecular flexibility index (Phi) is 5.48. The Bertz CT molecular complexity index is 1500. The van der Waals surface area contributed by atoms with Crippen LogP contribution in [0.1, 0.15) is 32.9 Å². The molecule has 3 aromatic rings. The summed E-state index contributed by atoms with van der Waals surface area (Å²) in [5, 5.41) is 9.37. The van der Waals surface area contributed by atoms with E-state index in [0.29, 0.717) is 22.6 Å². The molecular weight excluding hydrogens is 460 g/mol. The molecule has 4 heterocycles. The number of carbonyl (C=O) groups is 3. The molecule has 1 saturated heterocycles. The Morgan fingerprint density at radius 2 is 2.00 bits per heavy atom. The predicted octanol–water partition coefficient (Wildman–Crippen LogP) is 1.69. The minimum atomic E-state index is -1.62. The van der Waals surface area contributed by atoms with Crippen LogP contribution in [0.5, 0.6) is 5.75 Å². The summed E-state index contributed by atoms with van der Waals surface area (Å²) in [7, 11) is 3.39. The molecule has 2 aliphatic rings. The molecule has 2 aromatic heterocycles. The van der Waals surface area contributed by atoms with Crippen molar-refractivity contribution in [2.75, 3.05) is 13.7 Å². The number of amides is 4. The third-order valence-corrected chi connectivity index (χ3v) is 6.53. The maximum atomic E-state index is 13.1. The van der Waals surface area contributed by atoms with E-state index in [2.05, 4.69) is 32.6 Å². The number of nitrogens with zero attached hydrogens (tertiary/aromatic N) is 4. The normalized spacial score (nSPS) is 18.4. The van der Waals surface area contributed by atoms with Crippen LogP contribution in [0.2, 0.25) is 0 Å². The lowest BCUT2D eigenvalue weighted by atomic mass is 9.98. The summed E-state index contributed by atoms with van der Waals surface area (Å²) in [4.78, 5) is 44.3. The maximum Gasteiger partial charge on any atom is 0.323 e. The van der Waals surface area contributed by atoms with Crippen molar-refractivity contribution in [1.29, 1.82) is 0 Å². The Balaban J connectivity index is 1.52. The number of rotatable bonds is 4. The van der Waals surface area contributed by atoms with Gasteiger partial charge in [-0.25, -0.2) is 4.79 Å². The Morgan fingerprint density at radius 1 is 1.19 bits per heavy atom. The van der Waals surface area contributed by atoms with Crippen molar-refractivity contribution in [3.63, 3.8) is 0 Å². The second-order valence-electron chi connectivity index (χ2n) is 8.82. The quantitative estimate of drug-likeness (QED) is 0.430. The molecule has 10 heteroatoms. The molecule has 1 aromatic carbocycles. The zero-order valence-electron chi connectivity index (χ0n) is 20.3. The lowest BCUT2D eigenvalue weighted by Crippen LogP contribution is -2.54. The first-order valence-electron chi connectivity index (χ1n) is 11.3. The molecule has 0 spiro atoms. The van der Waals surface area contributed by atoms with E-state index in [1.165, 1.54) is 12.0 Å². The fraction of sp³-hybridized carbons (Fsp3) is 0.269. The molecule has 1 atom stereocenters. The van der Waals surface area contributed by atoms with Crippen LogP contribution in [-0.4, -0.2) is 56.7 Å². The van der Waals surface area contributed by atoms with Crippen molar-refractivity contribution >= 4 is 17.8 Å². The molecule has 0 bridgehead atoms. The maximum absolute atomic E-state index is 13.1. The van der Waals surface area contributed by atoms with Gasteiger partial charge < -0.3 is 15.0 Å². The Hall–Kier alpha value is -4.65. The number of ether oxygens (including phenoxy) is 1. The number of methoxy groups -OCH3 is 1. The molecule has 0 saturated carbocycles. The van der Waals surface area contributed by atoms with E-state index in [4.69, 9.17) is 4.74 Å². The van der Waals surface area contributed by atoms with Gasteiger partial charge in [0.15, 0.2) is 0 Å². The smallest absolute Gasteiger partial charge is 0.323 e. The summed E-state index contributed by atoms with van der Waals surface area (Å²) < 4.78 is 7.01. The van der Waals surface area contributed by atoms with Crippen LogP contribution in [0.4, 0.5) is 4.79 Å². The molecule has 4 amide bonds. The molecule has 0 radical (unpaired) electrons. The van der Waals surface area contributed by atoms with Crippen molar-refractivity contribution in [2.24, 2.45) is 7.05 Å². The van der Waals surface area contributed by atoms with Gasteiger partial charge in [0.2, 0.25) is 5.54 Å². The second-order valence-corrected chi connectivity index (χ2v) is 8.82. The van der Waals surface area contributed by atoms with Gasteiger partial charge in [-0.05, 0) is 43.7 Å². The average Bonchev–Trinajstić information content (AvgIpc) is 3.42. The topological polar surface area (TPSA) is 118 Å². The first kappa shape index (κ1) is 23.1. The second kappa shape index (κ2) is 8.53. The third-order valence-electron chi connectivity index (χ3n) is 6.53. The van der Waals surface area contributed by atoms with E-state index in [1.54, 1.807) is 35.1 Å². The highest BCUT2D eigenvalue weighted by molar-refractivity contribution is 6.10. The number of pyridine rings is 1. The molecule has 0 unspecified atom stereocenters. The van der Waals surface area contributed by atoms with Gasteiger partial charge in [-0.1, -0.05) is 17.9 Å². The van der Waals surface area contributed by atoms with Crippen molar-refractivity contribution in [1.82, 2.24) is 30.3 Å². The number of hydrogen-bond donors (Lipinski definition) is 2. The van der Waals surface area contributed by atoms with Gasteiger partial charge in [0, 0.05) is 36.6 Å². The predicted molar refractivity (Wildman–Crippen MR) is 130 cm³/mol. The van der Waals surface area contributed by atoms with E-state index in [0.717, 1.165) is 22.5 Å². The molecule has 1 fully saturated rings. The van der Waals surface area contributed by atoms with Crippen molar-refractivity contribution in [2.45, 2.75) is 25.9 Å². The van der Waals surface area contributed by atoms with Gasteiger partial charge in [-0.2, -0.15) is 5.10 Å². The molecular formula is C26H24N6O4. The average molecular weight is 485 g/mol. The molecule has 5 rings (SSSR count). The Morgan fingerprint density at radius 3 is 2.67 bits per heavy atom. The van der Waals surface area contributed by atoms with Crippen LogP contribution >= 0.6 is 0 Å². The molecule has 2 aliphatic heterocycles. The van der Waals surface area contributed by atoms with Crippen LogP contribution in [0.15, 0.2) is 36.5 Å². The number of carbonyl (C=O) groups excluding carboxylic acids is 3. The number of nitrogens with one attached hydrogen (secondary N) is 2. The summed E-state index contributed by atoms with van der Waals surface area (Å²) >= 11 is 0. The molecule has 10 nitrogen and oxygen atoms in total. The van der Waals surface area contributed by atoms with E-state index in [9.17, 15) is 14.4 Å². The van der Waals surface area contributed by atoms with Crippen molar-refractivity contribution in [3.8, 4) is 28.8 Å². The zero-order valence-corrected chi connectivity index (χ0v) is 20.3. The summed E-state index contributed by atoms with van der Waals surface area (Å²) in [5.74, 6) is 5.71. The fourth-order valence-electron chi connectivity index (χ4n) is 4.61. The van der Waals surface area contributed by atoms with Crippen LogP contribution in [-0.2, 0) is 18.4 Å². The van der Waals surface area contributed by atoms with E-state index < -0.39 is 17.5 Å². The van der Waals surface area contributed by atoms with Gasteiger partial charge in [0.25, 0.3) is 11.8 Å². The van der Waals surface area contributed by atoms with Gasteiger partial charge in [0.05, 0.1) is 30.6 Å². The Labute approximate surface area is 207 Å². The van der Waals surface area contributed by atoms with E-state index >= 15 is 0 Å². The number of imide groups is 1. The SMILES string of the molecule is COc1ccc2c(c1)C(=O)N(C[C@@]1(C#Cc3cccnc3-c3c(C)nn(C)c3C)NC(=O)NC1=O)C2. The number of aromatic nitrogens is 3. The molecule has 2 N–H and O–H groups in total. The minimum absolute atomic E-state index is 0.117. The molecule has 0 aliphatic carbocycles. The summed E-state index contributed by atoms with van der Waals surface area (Å²) in [5.41, 5.74) is 3.47. The van der Waals surface area contributed by atoms with Crippen LogP contribution < -0.4 is 15.4 Å². The third kappa shape index (κ3) is 3.75. The number of fused-ring (bicyclic) bond motifs is 1. The molecule has 182 valence electrons. The van der Waals surface area contributed by atoms with E-state index in [1.807, 2.05) is 27.0 Å². The van der Waals surface area contributed by atoms with Crippen LogP contribution in [0.25, 0.3) is 11.3 Å². The number of aryl methyl sites for hydroxylation is 2. The van der Waals surface area contributed by atoms with Gasteiger partial charge >= 0.3 is 6.03 Å². The summed E-state index contributed by atoms with van der Waals surface area (Å²) in [6.07, 6.45) is 1.67. The highest BCUT2D eigenvalue weighted by atomic mass is 16.5.